The maximum absolute atomic E-state index is 15.4. The zero-order valence-electron chi connectivity index (χ0n) is 21.1. The molecule has 0 bridgehead atoms. The molecule has 194 valence electrons. The van der Waals surface area contributed by atoms with Crippen molar-refractivity contribution >= 4 is 11.6 Å². The molecule has 0 aromatic carbocycles. The van der Waals surface area contributed by atoms with Crippen molar-refractivity contribution in [2.45, 2.75) is 52.2 Å². The molecule has 1 aliphatic heterocycles. The molecule has 0 unspecified atom stereocenters. The maximum atomic E-state index is 15.4. The molecule has 1 atom stereocenters. The van der Waals surface area contributed by atoms with Crippen molar-refractivity contribution in [2.24, 2.45) is 0 Å². The lowest BCUT2D eigenvalue weighted by molar-refractivity contribution is 0.00663. The smallest absolute Gasteiger partial charge is 0.410 e. The first-order chi connectivity index (χ1) is 17.2. The highest BCUT2D eigenvalue weighted by Crippen LogP contribution is 2.31. The first-order valence-electron chi connectivity index (χ1n) is 12.1. The zero-order chi connectivity index (χ0) is 25.7. The van der Waals surface area contributed by atoms with Gasteiger partial charge in [-0.15, -0.1) is 0 Å². The fourth-order valence-electron chi connectivity index (χ4n) is 3.83. The van der Waals surface area contributed by atoms with Gasteiger partial charge in [0.15, 0.2) is 5.82 Å². The van der Waals surface area contributed by atoms with Gasteiger partial charge in [-0.25, -0.2) is 9.31 Å². The first kappa shape index (κ1) is 25.6. The van der Waals surface area contributed by atoms with Crippen molar-refractivity contribution < 1.29 is 28.1 Å². The second-order valence-electron chi connectivity index (χ2n) is 9.41. The number of fused-ring (bicyclic) bond motifs is 1. The number of hydrogen-bond donors (Lipinski definition) is 0. The number of pyridine rings is 1. The Bertz CT molecular complexity index is 1200. The van der Waals surface area contributed by atoms with Gasteiger partial charge in [-0.2, -0.15) is 19.5 Å². The highest BCUT2D eigenvalue weighted by Gasteiger charge is 2.30. The number of nitrogens with zero attached hydrogens (tertiary/aromatic N) is 5. The molecule has 1 amide bonds. The molecule has 10 nitrogen and oxygen atoms in total. The van der Waals surface area contributed by atoms with Crippen molar-refractivity contribution in [2.75, 3.05) is 32.9 Å². The van der Waals surface area contributed by atoms with Crippen LogP contribution in [0.15, 0.2) is 30.6 Å². The van der Waals surface area contributed by atoms with Crippen LogP contribution in [0.3, 0.4) is 0 Å². The Morgan fingerprint density at radius 2 is 2.00 bits per heavy atom. The summed E-state index contributed by atoms with van der Waals surface area (Å²) in [7, 11) is 0. The molecule has 4 rings (SSSR count). The number of carbonyl (C=O) groups is 1. The minimum absolute atomic E-state index is 0.116. The van der Waals surface area contributed by atoms with Gasteiger partial charge in [0.05, 0.1) is 30.4 Å². The average Bonchev–Trinajstić information content (AvgIpc) is 3.27. The van der Waals surface area contributed by atoms with Crippen LogP contribution in [0.25, 0.3) is 16.9 Å². The lowest BCUT2D eigenvalue weighted by Crippen LogP contribution is -2.46. The topological polar surface area (TPSA) is 100 Å². The SMILES string of the molecule is CCOCCOc1nc(-c2cnn3ccccc23)nc(O[C@@H]2CCCN(C(=O)OC(C)(C)C)C2)c1F. The predicted molar refractivity (Wildman–Crippen MR) is 130 cm³/mol. The van der Waals surface area contributed by atoms with Crippen molar-refractivity contribution in [3.8, 4) is 23.1 Å². The molecule has 4 heterocycles. The second kappa shape index (κ2) is 11.1. The van der Waals surface area contributed by atoms with E-state index in [9.17, 15) is 4.79 Å². The van der Waals surface area contributed by atoms with Gasteiger partial charge in [-0.05, 0) is 52.7 Å². The Balaban J connectivity index is 1.60. The lowest BCUT2D eigenvalue weighted by Gasteiger charge is -2.34. The van der Waals surface area contributed by atoms with Crippen LogP contribution >= 0.6 is 0 Å². The van der Waals surface area contributed by atoms with Gasteiger partial charge in [0.2, 0.25) is 5.82 Å². The monoisotopic (exact) mass is 501 g/mol. The first-order valence-corrected chi connectivity index (χ1v) is 12.1. The van der Waals surface area contributed by atoms with Gasteiger partial charge in [-0.3, -0.25) is 0 Å². The lowest BCUT2D eigenvalue weighted by atomic mass is 10.1. The molecule has 11 heteroatoms. The minimum atomic E-state index is -0.805. The molecule has 0 N–H and O–H groups in total. The van der Waals surface area contributed by atoms with Crippen LogP contribution in [0.4, 0.5) is 9.18 Å². The van der Waals surface area contributed by atoms with E-state index in [-0.39, 0.29) is 37.3 Å². The Morgan fingerprint density at radius 1 is 1.19 bits per heavy atom. The summed E-state index contributed by atoms with van der Waals surface area (Å²) in [6, 6.07) is 5.59. The molecule has 3 aromatic heterocycles. The van der Waals surface area contributed by atoms with Gasteiger partial charge >= 0.3 is 6.09 Å². The quantitative estimate of drug-likeness (QED) is 0.425. The molecular formula is C25H32FN5O5. The molecule has 0 radical (unpaired) electrons. The van der Waals surface area contributed by atoms with E-state index in [1.54, 1.807) is 21.8 Å². The molecule has 0 saturated carbocycles. The van der Waals surface area contributed by atoms with Gasteiger partial charge < -0.3 is 23.8 Å². The minimum Gasteiger partial charge on any atom is -0.473 e. The summed E-state index contributed by atoms with van der Waals surface area (Å²) in [5.74, 6) is -1.05. The van der Waals surface area contributed by atoms with Crippen LogP contribution in [-0.2, 0) is 9.47 Å². The zero-order valence-corrected chi connectivity index (χ0v) is 21.1. The number of rotatable bonds is 8. The summed E-state index contributed by atoms with van der Waals surface area (Å²) in [4.78, 5) is 22.8. The summed E-state index contributed by atoms with van der Waals surface area (Å²) in [5.41, 5.74) is 0.749. The van der Waals surface area contributed by atoms with E-state index in [4.69, 9.17) is 18.9 Å². The number of ether oxygens (including phenoxy) is 4. The van der Waals surface area contributed by atoms with Crippen molar-refractivity contribution in [1.82, 2.24) is 24.5 Å². The normalized spacial score (nSPS) is 16.2. The van der Waals surface area contributed by atoms with E-state index in [1.807, 2.05) is 45.9 Å². The molecule has 36 heavy (non-hydrogen) atoms. The highest BCUT2D eigenvalue weighted by molar-refractivity contribution is 5.75. The van der Waals surface area contributed by atoms with Crippen molar-refractivity contribution in [3.05, 3.63) is 36.4 Å². The van der Waals surface area contributed by atoms with Gasteiger partial charge in [0.1, 0.15) is 18.3 Å². The van der Waals surface area contributed by atoms with E-state index in [0.717, 1.165) is 5.52 Å². The van der Waals surface area contributed by atoms with Crippen LogP contribution in [0.1, 0.15) is 40.5 Å². The van der Waals surface area contributed by atoms with E-state index >= 15 is 4.39 Å². The van der Waals surface area contributed by atoms with Crippen LogP contribution in [0, 0.1) is 5.82 Å². The molecule has 1 saturated heterocycles. The molecule has 3 aromatic rings. The number of piperidine rings is 1. The van der Waals surface area contributed by atoms with Gasteiger partial charge in [-0.1, -0.05) is 6.07 Å². The summed E-state index contributed by atoms with van der Waals surface area (Å²) in [6.07, 6.45) is 3.84. The summed E-state index contributed by atoms with van der Waals surface area (Å²) < 4.78 is 39.5. The van der Waals surface area contributed by atoms with Gasteiger partial charge in [0.25, 0.3) is 11.8 Å². The third kappa shape index (κ3) is 6.20. The van der Waals surface area contributed by atoms with E-state index in [0.29, 0.717) is 31.6 Å². The molecule has 1 fully saturated rings. The molecular weight excluding hydrogens is 469 g/mol. The van der Waals surface area contributed by atoms with Crippen LogP contribution in [0.5, 0.6) is 11.8 Å². The second-order valence-corrected chi connectivity index (χ2v) is 9.41. The third-order valence-corrected chi connectivity index (χ3v) is 5.44. The number of hydrogen-bond acceptors (Lipinski definition) is 8. The fraction of sp³-hybridized carbons (Fsp3) is 0.520. The molecule has 0 aliphatic carbocycles. The Kier molecular flexibility index (Phi) is 7.88. The average molecular weight is 502 g/mol. The number of halogens is 1. The summed E-state index contributed by atoms with van der Waals surface area (Å²) in [5, 5.41) is 4.32. The van der Waals surface area contributed by atoms with Crippen LogP contribution < -0.4 is 9.47 Å². The van der Waals surface area contributed by atoms with Crippen LogP contribution in [-0.4, -0.2) is 75.2 Å². The molecule has 1 aliphatic rings. The Hall–Kier alpha value is -3.47. The summed E-state index contributed by atoms with van der Waals surface area (Å²) in [6.45, 7) is 9.03. The fourth-order valence-corrected chi connectivity index (χ4v) is 3.83. The largest absolute Gasteiger partial charge is 0.473 e. The third-order valence-electron chi connectivity index (χ3n) is 5.44. The highest BCUT2D eigenvalue weighted by atomic mass is 19.1. The number of likely N-dealkylation sites (tertiary alicyclic amines) is 1. The number of aromatic nitrogens is 4. The van der Waals surface area contributed by atoms with E-state index in [1.165, 1.54) is 0 Å². The van der Waals surface area contributed by atoms with Crippen molar-refractivity contribution in [3.63, 3.8) is 0 Å². The standard InChI is InChI=1S/C25H32FN5O5/c1-5-33-13-14-34-22-20(26)23(29-21(28-22)18-15-27-31-12-7-6-10-19(18)31)35-17-9-8-11-30(16-17)24(32)36-25(2,3)4/h6-7,10,12,15,17H,5,8-9,11,13-14,16H2,1-4H3/t17-/m1/s1. The van der Waals surface area contributed by atoms with Crippen molar-refractivity contribution in [1.29, 1.82) is 0 Å². The Morgan fingerprint density at radius 3 is 2.78 bits per heavy atom. The summed E-state index contributed by atoms with van der Waals surface area (Å²) >= 11 is 0. The number of carbonyl (C=O) groups excluding carboxylic acids is 1. The van der Waals surface area contributed by atoms with E-state index in [2.05, 4.69) is 15.1 Å². The maximum Gasteiger partial charge on any atom is 0.410 e. The van der Waals surface area contributed by atoms with Gasteiger partial charge in [0, 0.05) is 19.3 Å². The van der Waals surface area contributed by atoms with Crippen LogP contribution in [0.2, 0.25) is 0 Å². The predicted octanol–water partition coefficient (Wildman–Crippen LogP) is 4.12. The Labute approximate surface area is 209 Å². The molecule has 0 spiro atoms. The van der Waals surface area contributed by atoms with E-state index < -0.39 is 23.6 Å². The number of amides is 1.